The lowest BCUT2D eigenvalue weighted by molar-refractivity contribution is -0.0590. The van der Waals surface area contributed by atoms with Gasteiger partial charge in [0.15, 0.2) is 0 Å². The zero-order chi connectivity index (χ0) is 30.6. The van der Waals surface area contributed by atoms with Gasteiger partial charge in [-0.25, -0.2) is 4.98 Å². The van der Waals surface area contributed by atoms with Crippen LogP contribution in [0.2, 0.25) is 0 Å². The minimum atomic E-state index is -2.73. The van der Waals surface area contributed by atoms with Crippen molar-refractivity contribution in [2.75, 3.05) is 75.4 Å². The van der Waals surface area contributed by atoms with Gasteiger partial charge in [0.05, 0.1) is 53.0 Å². The summed E-state index contributed by atoms with van der Waals surface area (Å²) < 4.78 is 25.3. The molecule has 11 nitrogen and oxygen atoms in total. The molecule has 44 heavy (non-hydrogen) atoms. The van der Waals surface area contributed by atoms with E-state index in [9.17, 15) is 4.57 Å². The van der Waals surface area contributed by atoms with Gasteiger partial charge in [0.2, 0.25) is 5.95 Å². The second kappa shape index (κ2) is 11.6. The average Bonchev–Trinajstić information content (AvgIpc) is 3.52. The van der Waals surface area contributed by atoms with E-state index in [1.807, 2.05) is 12.1 Å². The minimum Gasteiger partial charge on any atom is -0.494 e. The molecule has 2 aromatic heterocycles. The number of hydrogen-bond donors (Lipinski definition) is 2. The van der Waals surface area contributed by atoms with Crippen LogP contribution >= 0.6 is 23.1 Å². The number of nitrogens with one attached hydrogen (secondary N) is 2. The van der Waals surface area contributed by atoms with Crippen molar-refractivity contribution < 1.29 is 14.0 Å². The molecule has 0 radical (unpaired) electrons. The lowest BCUT2D eigenvalue weighted by Crippen LogP contribution is -2.48. The van der Waals surface area contributed by atoms with Gasteiger partial charge >= 0.3 is 0 Å². The highest BCUT2D eigenvalue weighted by Gasteiger charge is 2.43. The van der Waals surface area contributed by atoms with E-state index in [0.29, 0.717) is 56.1 Å². The Labute approximate surface area is 265 Å². The lowest BCUT2D eigenvalue weighted by atomic mass is 10.0. The largest absolute Gasteiger partial charge is 0.494 e. The smallest absolute Gasteiger partial charge is 0.229 e. The summed E-state index contributed by atoms with van der Waals surface area (Å²) in [7, 11) is -1.05. The first-order valence-corrected chi connectivity index (χ1v) is 18.2. The van der Waals surface area contributed by atoms with Crippen LogP contribution in [0.15, 0.2) is 47.3 Å². The van der Waals surface area contributed by atoms with Crippen LogP contribution < -0.4 is 25.6 Å². The van der Waals surface area contributed by atoms with Gasteiger partial charge in [0.1, 0.15) is 24.2 Å². The molecule has 0 amide bonds. The van der Waals surface area contributed by atoms with Gasteiger partial charge in [-0.2, -0.15) is 4.98 Å². The molecule has 13 heteroatoms. The van der Waals surface area contributed by atoms with Crippen LogP contribution in [0.5, 0.6) is 5.75 Å². The minimum absolute atomic E-state index is 0.398. The van der Waals surface area contributed by atoms with Gasteiger partial charge < -0.3 is 29.6 Å². The molecule has 0 spiro atoms. The van der Waals surface area contributed by atoms with E-state index in [1.165, 1.54) is 5.69 Å². The molecule has 2 unspecified atom stereocenters. The zero-order valence-corrected chi connectivity index (χ0v) is 27.7. The van der Waals surface area contributed by atoms with E-state index in [4.69, 9.17) is 14.5 Å². The number of methoxy groups -OCH3 is 1. The molecule has 3 fully saturated rings. The van der Waals surface area contributed by atoms with Gasteiger partial charge in [0.25, 0.3) is 0 Å². The van der Waals surface area contributed by atoms with Gasteiger partial charge in [-0.1, -0.05) is 0 Å². The number of ether oxygens (including phenoxy) is 2. The monoisotopic (exact) mass is 678 g/mol. The number of halogens is 1. The average molecular weight is 680 g/mol. The topological polar surface area (TPSA) is 118 Å². The highest BCUT2D eigenvalue weighted by molar-refractivity contribution is 9.10. The molecule has 3 aliphatic rings. The van der Waals surface area contributed by atoms with Crippen LogP contribution in [-0.2, 0) is 9.30 Å². The second-order valence-electron chi connectivity index (χ2n) is 12.3. The number of likely N-dealkylation sites (tertiary alicyclic amines) is 1. The summed E-state index contributed by atoms with van der Waals surface area (Å²) in [6.07, 6.45) is 4.93. The maximum Gasteiger partial charge on any atom is 0.229 e. The third-order valence-corrected chi connectivity index (χ3v) is 11.0. The summed E-state index contributed by atoms with van der Waals surface area (Å²) in [5.74, 6) is 3.02. The Morgan fingerprint density at radius 3 is 2.43 bits per heavy atom. The molecule has 0 saturated carbocycles. The number of aryl methyl sites for hydroxylation is 1. The van der Waals surface area contributed by atoms with Crippen molar-refractivity contribution in [3.63, 3.8) is 0 Å². The quantitative estimate of drug-likeness (QED) is 0.245. The Morgan fingerprint density at radius 2 is 1.75 bits per heavy atom. The van der Waals surface area contributed by atoms with Crippen LogP contribution in [-0.4, -0.2) is 90.7 Å². The van der Waals surface area contributed by atoms with E-state index < -0.39 is 7.14 Å². The Hall–Kier alpha value is -3.31. The van der Waals surface area contributed by atoms with Crippen molar-refractivity contribution in [1.29, 1.82) is 0 Å². The molecule has 3 saturated heterocycles. The molecule has 2 aromatic carbocycles. The maximum atomic E-state index is 13.4. The third-order valence-electron chi connectivity index (χ3n) is 8.91. The molecular weight excluding hydrogens is 643 g/mol. The van der Waals surface area contributed by atoms with Crippen molar-refractivity contribution in [2.24, 2.45) is 11.8 Å². The van der Waals surface area contributed by atoms with Crippen molar-refractivity contribution in [1.82, 2.24) is 24.8 Å². The molecule has 3 aliphatic heterocycles. The third kappa shape index (κ3) is 5.53. The van der Waals surface area contributed by atoms with Crippen LogP contribution in [0.4, 0.5) is 28.8 Å². The second-order valence-corrected chi connectivity index (χ2v) is 16.3. The number of aromatic nitrogens is 4. The predicted molar refractivity (Wildman–Crippen MR) is 178 cm³/mol. The van der Waals surface area contributed by atoms with E-state index in [-0.39, 0.29) is 0 Å². The standard InChI is InChI=1S/C31H36BrN8O3P/c1-18-9-25(27(42-2)10-26(18)40-14-19-12-39(13-20(19)15-40)21-16-43-17-21)37-31-35-11-22(32)30(38-31)36-24-6-5-23-28(34-8-7-33-23)29(24)44(3,4)41/h5-11,19-21H,12-17H2,1-4H3,(H2,35,36,37,38). The number of hydrogen-bond acceptors (Lipinski definition) is 11. The molecule has 2 N–H and O–H groups in total. The molecule has 5 heterocycles. The Balaban J connectivity index is 1.12. The number of nitrogens with zero attached hydrogens (tertiary/aromatic N) is 6. The van der Waals surface area contributed by atoms with Crippen molar-refractivity contribution in [2.45, 2.75) is 13.0 Å². The van der Waals surface area contributed by atoms with E-state index in [1.54, 1.807) is 39.0 Å². The first-order valence-electron chi connectivity index (χ1n) is 14.8. The van der Waals surface area contributed by atoms with E-state index >= 15 is 0 Å². The molecular formula is C31H36BrN8O3P. The first-order chi connectivity index (χ1) is 21.2. The molecule has 2 atom stereocenters. The predicted octanol–water partition coefficient (Wildman–Crippen LogP) is 5.00. The zero-order valence-electron chi connectivity index (χ0n) is 25.2. The van der Waals surface area contributed by atoms with Gasteiger partial charge in [-0.15, -0.1) is 0 Å². The van der Waals surface area contributed by atoms with Crippen molar-refractivity contribution >= 4 is 68.2 Å². The molecule has 7 rings (SSSR count). The normalized spacial score (nSPS) is 20.5. The van der Waals surface area contributed by atoms with Crippen molar-refractivity contribution in [3.8, 4) is 5.75 Å². The molecule has 0 bridgehead atoms. The number of fused-ring (bicyclic) bond motifs is 2. The van der Waals surface area contributed by atoms with Crippen LogP contribution in [0.3, 0.4) is 0 Å². The lowest BCUT2D eigenvalue weighted by Gasteiger charge is -2.35. The fraction of sp³-hybridized carbons (Fsp3) is 0.419. The first kappa shape index (κ1) is 29.4. The van der Waals surface area contributed by atoms with E-state index in [2.05, 4.69) is 70.4 Å². The number of rotatable bonds is 8. The highest BCUT2D eigenvalue weighted by Crippen LogP contribution is 2.42. The molecule has 4 aromatic rings. The number of benzene rings is 2. The summed E-state index contributed by atoms with van der Waals surface area (Å²) in [5, 5.41) is 7.35. The fourth-order valence-corrected chi connectivity index (χ4v) is 8.36. The number of anilines is 5. The van der Waals surface area contributed by atoms with E-state index in [0.717, 1.165) is 56.4 Å². The Kier molecular flexibility index (Phi) is 7.73. The van der Waals surface area contributed by atoms with Crippen LogP contribution in [0, 0.1) is 18.8 Å². The van der Waals surface area contributed by atoms with Crippen LogP contribution in [0.25, 0.3) is 11.0 Å². The Bertz CT molecular complexity index is 1770. The Morgan fingerprint density at radius 1 is 1.00 bits per heavy atom. The summed E-state index contributed by atoms with van der Waals surface area (Å²) in [6.45, 7) is 11.8. The van der Waals surface area contributed by atoms with Gasteiger partial charge in [-0.05, 0) is 71.8 Å². The molecule has 230 valence electrons. The summed E-state index contributed by atoms with van der Waals surface area (Å²) >= 11 is 3.57. The van der Waals surface area contributed by atoms with Crippen molar-refractivity contribution in [3.05, 3.63) is 52.9 Å². The fourth-order valence-electron chi connectivity index (χ4n) is 6.67. The molecule has 0 aliphatic carbocycles. The summed E-state index contributed by atoms with van der Waals surface area (Å²) in [6, 6.07) is 8.56. The SMILES string of the molecule is COc1cc(N2CC3CN(C4COC4)CC3C2)c(C)cc1Nc1ncc(Br)c(Nc2ccc3nccnc3c2P(C)(C)=O)n1. The summed E-state index contributed by atoms with van der Waals surface area (Å²) in [5.41, 5.74) is 5.11. The van der Waals surface area contributed by atoms with Crippen LogP contribution in [0.1, 0.15) is 5.56 Å². The maximum absolute atomic E-state index is 13.4. The van der Waals surface area contributed by atoms with Gasteiger partial charge in [0, 0.05) is 56.5 Å². The van der Waals surface area contributed by atoms with Gasteiger partial charge in [-0.3, -0.25) is 14.9 Å². The summed E-state index contributed by atoms with van der Waals surface area (Å²) in [4.78, 5) is 23.3. The highest BCUT2D eigenvalue weighted by atomic mass is 79.9.